The van der Waals surface area contributed by atoms with Crippen LogP contribution in [0.2, 0.25) is 0 Å². The van der Waals surface area contributed by atoms with Gasteiger partial charge in [0, 0.05) is 26.2 Å². The smallest absolute Gasteiger partial charge is 0.246 e. The number of aliphatic hydroxyl groups excluding tert-OH is 1. The van der Waals surface area contributed by atoms with Crippen LogP contribution in [0.4, 0.5) is 8.78 Å². The molecule has 0 unspecified atom stereocenters. The second kappa shape index (κ2) is 13.6. The fourth-order valence-electron chi connectivity index (χ4n) is 4.88. The highest BCUT2D eigenvalue weighted by molar-refractivity contribution is 5.97. The van der Waals surface area contributed by atoms with Gasteiger partial charge in [0.15, 0.2) is 0 Å². The van der Waals surface area contributed by atoms with Crippen LogP contribution in [0.3, 0.4) is 0 Å². The topological polar surface area (TPSA) is 102 Å². The third-order valence-electron chi connectivity index (χ3n) is 6.94. The number of hydrogen-bond donors (Lipinski definition) is 3. The Balaban J connectivity index is 1.70. The molecule has 1 aliphatic rings. The highest BCUT2D eigenvalue weighted by atomic mass is 19.1. The Hall–Kier alpha value is -3.37. The van der Waals surface area contributed by atoms with Gasteiger partial charge in [0.1, 0.15) is 30.8 Å². The van der Waals surface area contributed by atoms with Crippen molar-refractivity contribution in [1.82, 2.24) is 20.4 Å². The normalized spacial score (nSPS) is 17.5. The number of likely N-dealkylation sites (N-methyl/N-ethyl adjacent to an activating group) is 1. The summed E-state index contributed by atoms with van der Waals surface area (Å²) in [6, 6.07) is 9.48. The van der Waals surface area contributed by atoms with E-state index >= 15 is 0 Å². The average Bonchev–Trinajstić information content (AvgIpc) is 2.86. The molecule has 0 aromatic heterocycles. The van der Waals surface area contributed by atoms with E-state index in [1.54, 1.807) is 7.05 Å². The van der Waals surface area contributed by atoms with Gasteiger partial charge in [0.05, 0.1) is 12.1 Å². The molecule has 1 saturated heterocycles. The molecular formula is C29H38F2N4O4. The summed E-state index contributed by atoms with van der Waals surface area (Å²) in [6.45, 7) is 5.69. The van der Waals surface area contributed by atoms with Gasteiger partial charge >= 0.3 is 0 Å². The molecule has 0 spiro atoms. The molecule has 0 aliphatic carbocycles. The lowest BCUT2D eigenvalue weighted by atomic mass is 9.98. The Morgan fingerprint density at radius 1 is 1.08 bits per heavy atom. The quantitative estimate of drug-likeness (QED) is 0.380. The number of piperazine rings is 1. The fourth-order valence-corrected chi connectivity index (χ4v) is 4.88. The number of carbonyl (C=O) groups excluding carboxylic acids is 3. The Labute approximate surface area is 228 Å². The van der Waals surface area contributed by atoms with Gasteiger partial charge in [0.2, 0.25) is 17.7 Å². The van der Waals surface area contributed by atoms with Crippen molar-refractivity contribution >= 4 is 17.7 Å². The standard InChI is InChI=1S/C29H38F2N4O4/c1-5-19-7-6-8-20(9-19)14-32-15-25(36)24(12-21-10-22(30)13-23(31)11-21)33-26(37)16-35-17-27(38)34(4)28(18(2)3)29(35)39/h6-11,13,18,24-25,28,32,36H,5,12,14-17H2,1-4H3,(H,33,37)/t24-,25+,28+/m0/s1. The molecule has 0 saturated carbocycles. The van der Waals surface area contributed by atoms with E-state index in [0.717, 1.165) is 30.2 Å². The Kier molecular flexibility index (Phi) is 10.5. The highest BCUT2D eigenvalue weighted by Gasteiger charge is 2.39. The van der Waals surface area contributed by atoms with Crippen molar-refractivity contribution in [1.29, 1.82) is 0 Å². The molecule has 8 nitrogen and oxygen atoms in total. The van der Waals surface area contributed by atoms with E-state index in [2.05, 4.69) is 23.6 Å². The van der Waals surface area contributed by atoms with Gasteiger partial charge in [-0.3, -0.25) is 14.4 Å². The number of aryl methyl sites for hydroxylation is 1. The van der Waals surface area contributed by atoms with Crippen molar-refractivity contribution in [3.63, 3.8) is 0 Å². The van der Waals surface area contributed by atoms with E-state index < -0.39 is 35.7 Å². The van der Waals surface area contributed by atoms with Gasteiger partial charge in [-0.25, -0.2) is 8.78 Å². The van der Waals surface area contributed by atoms with E-state index in [-0.39, 0.29) is 49.4 Å². The highest BCUT2D eigenvalue weighted by Crippen LogP contribution is 2.18. The number of amides is 3. The molecule has 1 heterocycles. The molecule has 2 aromatic rings. The Morgan fingerprint density at radius 2 is 1.74 bits per heavy atom. The number of nitrogens with one attached hydrogen (secondary N) is 2. The summed E-state index contributed by atoms with van der Waals surface area (Å²) >= 11 is 0. The van der Waals surface area contributed by atoms with Crippen molar-refractivity contribution < 1.29 is 28.3 Å². The first kappa shape index (κ1) is 30.2. The Morgan fingerprint density at radius 3 is 2.38 bits per heavy atom. The van der Waals surface area contributed by atoms with Gasteiger partial charge in [-0.05, 0) is 47.6 Å². The van der Waals surface area contributed by atoms with E-state index in [1.807, 2.05) is 32.0 Å². The molecule has 39 heavy (non-hydrogen) atoms. The molecule has 3 atom stereocenters. The van der Waals surface area contributed by atoms with Crippen LogP contribution >= 0.6 is 0 Å². The van der Waals surface area contributed by atoms with Crippen LogP contribution in [-0.4, -0.2) is 77.5 Å². The SMILES string of the molecule is CCc1cccc(CNC[C@@H](O)[C@H](Cc2cc(F)cc(F)c2)NC(=O)CN2CC(=O)N(C)[C@H](C(C)C)C2=O)c1. The maximum Gasteiger partial charge on any atom is 0.246 e. The van der Waals surface area contributed by atoms with Crippen LogP contribution in [0.5, 0.6) is 0 Å². The second-order valence-corrected chi connectivity index (χ2v) is 10.4. The molecule has 212 valence electrons. The van der Waals surface area contributed by atoms with Gasteiger partial charge in [-0.1, -0.05) is 45.0 Å². The van der Waals surface area contributed by atoms with E-state index in [0.29, 0.717) is 6.54 Å². The average molecular weight is 545 g/mol. The third kappa shape index (κ3) is 8.31. The van der Waals surface area contributed by atoms with Gasteiger partial charge in [-0.15, -0.1) is 0 Å². The number of aliphatic hydroxyl groups is 1. The molecule has 1 aliphatic heterocycles. The molecule has 2 aromatic carbocycles. The van der Waals surface area contributed by atoms with Crippen LogP contribution in [0.1, 0.15) is 37.5 Å². The van der Waals surface area contributed by atoms with Crippen LogP contribution in [0.15, 0.2) is 42.5 Å². The van der Waals surface area contributed by atoms with Crippen LogP contribution < -0.4 is 10.6 Å². The van der Waals surface area contributed by atoms with E-state index in [1.165, 1.54) is 15.4 Å². The molecule has 3 rings (SSSR count). The molecule has 3 N–H and O–H groups in total. The first-order chi connectivity index (χ1) is 18.5. The summed E-state index contributed by atoms with van der Waals surface area (Å²) in [5.41, 5.74) is 2.48. The summed E-state index contributed by atoms with van der Waals surface area (Å²) < 4.78 is 27.7. The first-order valence-corrected chi connectivity index (χ1v) is 13.2. The molecule has 10 heteroatoms. The largest absolute Gasteiger partial charge is 0.390 e. The number of carbonyl (C=O) groups is 3. The molecule has 0 radical (unpaired) electrons. The summed E-state index contributed by atoms with van der Waals surface area (Å²) in [5.74, 6) is -2.86. The van der Waals surface area contributed by atoms with Crippen molar-refractivity contribution in [3.8, 4) is 0 Å². The summed E-state index contributed by atoms with van der Waals surface area (Å²) in [6.07, 6.45) is -0.254. The molecule has 1 fully saturated rings. The van der Waals surface area contributed by atoms with Crippen LogP contribution in [0, 0.1) is 17.6 Å². The summed E-state index contributed by atoms with van der Waals surface area (Å²) in [5, 5.41) is 16.9. The minimum atomic E-state index is -1.11. The van der Waals surface area contributed by atoms with E-state index in [9.17, 15) is 28.3 Å². The third-order valence-corrected chi connectivity index (χ3v) is 6.94. The summed E-state index contributed by atoms with van der Waals surface area (Å²) in [7, 11) is 1.57. The zero-order valence-corrected chi connectivity index (χ0v) is 22.9. The Bertz CT molecular complexity index is 1160. The summed E-state index contributed by atoms with van der Waals surface area (Å²) in [4.78, 5) is 41.0. The van der Waals surface area contributed by atoms with E-state index in [4.69, 9.17) is 0 Å². The number of rotatable bonds is 12. The molecule has 3 amide bonds. The van der Waals surface area contributed by atoms with Crippen LogP contribution in [0.25, 0.3) is 0 Å². The minimum absolute atomic E-state index is 0.0428. The second-order valence-electron chi connectivity index (χ2n) is 10.4. The monoisotopic (exact) mass is 544 g/mol. The van der Waals surface area contributed by atoms with Crippen molar-refractivity contribution in [3.05, 3.63) is 70.8 Å². The number of halogens is 2. The lowest BCUT2D eigenvalue weighted by Gasteiger charge is -2.40. The van der Waals surface area contributed by atoms with Gasteiger partial charge < -0.3 is 25.5 Å². The molecule has 0 bridgehead atoms. The van der Waals surface area contributed by atoms with Crippen molar-refractivity contribution in [2.45, 2.75) is 58.3 Å². The van der Waals surface area contributed by atoms with Crippen LogP contribution in [-0.2, 0) is 33.8 Å². The minimum Gasteiger partial charge on any atom is -0.390 e. The van der Waals surface area contributed by atoms with Crippen molar-refractivity contribution in [2.75, 3.05) is 26.7 Å². The maximum atomic E-state index is 13.8. The molecular weight excluding hydrogens is 506 g/mol. The fraction of sp³-hybridized carbons (Fsp3) is 0.483. The predicted molar refractivity (Wildman–Crippen MR) is 144 cm³/mol. The maximum absolute atomic E-state index is 13.8. The van der Waals surface area contributed by atoms with Gasteiger partial charge in [-0.2, -0.15) is 0 Å². The zero-order valence-electron chi connectivity index (χ0n) is 22.9. The zero-order chi connectivity index (χ0) is 28.7. The lowest BCUT2D eigenvalue weighted by molar-refractivity contribution is -0.157. The van der Waals surface area contributed by atoms with Gasteiger partial charge in [0.25, 0.3) is 0 Å². The van der Waals surface area contributed by atoms with Crippen molar-refractivity contribution in [2.24, 2.45) is 5.92 Å². The number of benzene rings is 2. The number of hydrogen-bond acceptors (Lipinski definition) is 5. The number of nitrogens with zero attached hydrogens (tertiary/aromatic N) is 2. The first-order valence-electron chi connectivity index (χ1n) is 13.2. The lowest BCUT2D eigenvalue weighted by Crippen LogP contribution is -2.62. The predicted octanol–water partition coefficient (Wildman–Crippen LogP) is 2.03.